The van der Waals surface area contributed by atoms with Crippen LogP contribution in [0.4, 0.5) is 16.6 Å². The molecular weight excluding hydrogens is 476 g/mol. The van der Waals surface area contributed by atoms with Crippen LogP contribution in [0.5, 0.6) is 0 Å². The number of sulfonamides is 1. The Morgan fingerprint density at radius 1 is 1.15 bits per heavy atom. The number of aromatic nitrogens is 3. The summed E-state index contributed by atoms with van der Waals surface area (Å²) >= 11 is 1.42. The van der Waals surface area contributed by atoms with Gasteiger partial charge in [-0.2, -0.15) is 4.31 Å². The Hall–Kier alpha value is -3.13. The molecule has 4 rings (SSSR count). The van der Waals surface area contributed by atoms with E-state index >= 15 is 0 Å². The quantitative estimate of drug-likeness (QED) is 0.412. The summed E-state index contributed by atoms with van der Waals surface area (Å²) in [6.45, 7) is 2.90. The van der Waals surface area contributed by atoms with Crippen molar-refractivity contribution in [3.05, 3.63) is 48.5 Å². The van der Waals surface area contributed by atoms with E-state index in [0.717, 1.165) is 16.1 Å². The molecule has 13 heteroatoms. The fraction of sp³-hybridized carbons (Fsp3) is 0.333. The maximum atomic E-state index is 12.2. The molecule has 180 valence electrons. The van der Waals surface area contributed by atoms with E-state index in [1.165, 1.54) is 28.1 Å². The molecule has 34 heavy (non-hydrogen) atoms. The Morgan fingerprint density at radius 3 is 2.68 bits per heavy atom. The van der Waals surface area contributed by atoms with Gasteiger partial charge in [0.2, 0.25) is 10.0 Å². The molecule has 0 unspecified atom stereocenters. The van der Waals surface area contributed by atoms with Crippen LogP contribution in [-0.2, 0) is 10.0 Å². The number of anilines is 3. The third-order valence-electron chi connectivity index (χ3n) is 5.27. The van der Waals surface area contributed by atoms with Crippen LogP contribution >= 0.6 is 11.3 Å². The molecule has 0 bridgehead atoms. The SMILES string of the molecule is CS(=O)(=O)N1CCN(c2ccnc(Nc3ncc(-c4cncc(C(=O)NCCN)c4)s3)c2)CC1. The molecule has 11 nitrogen and oxygen atoms in total. The molecule has 4 N–H and O–H groups in total. The first-order valence-corrected chi connectivity index (χ1v) is 13.3. The van der Waals surface area contributed by atoms with Gasteiger partial charge in [0.15, 0.2) is 5.13 Å². The highest BCUT2D eigenvalue weighted by Gasteiger charge is 2.23. The van der Waals surface area contributed by atoms with E-state index < -0.39 is 10.0 Å². The number of hydrogen-bond donors (Lipinski definition) is 3. The Bertz CT molecular complexity index is 1260. The molecule has 0 atom stereocenters. The van der Waals surface area contributed by atoms with E-state index in [0.29, 0.717) is 55.8 Å². The van der Waals surface area contributed by atoms with Crippen LogP contribution in [-0.4, -0.2) is 79.1 Å². The van der Waals surface area contributed by atoms with Gasteiger partial charge in [-0.3, -0.25) is 9.78 Å². The maximum Gasteiger partial charge on any atom is 0.252 e. The summed E-state index contributed by atoms with van der Waals surface area (Å²) in [6, 6.07) is 5.59. The van der Waals surface area contributed by atoms with Crippen LogP contribution in [0, 0.1) is 0 Å². The van der Waals surface area contributed by atoms with Crippen LogP contribution in [0.25, 0.3) is 10.4 Å². The van der Waals surface area contributed by atoms with E-state index in [1.54, 1.807) is 24.7 Å². The van der Waals surface area contributed by atoms with Crippen molar-refractivity contribution in [2.45, 2.75) is 0 Å². The second-order valence-corrected chi connectivity index (χ2v) is 10.7. The van der Waals surface area contributed by atoms with Gasteiger partial charge in [0, 0.05) is 81.4 Å². The topological polar surface area (TPSA) is 146 Å². The van der Waals surface area contributed by atoms with E-state index in [9.17, 15) is 13.2 Å². The Morgan fingerprint density at radius 2 is 1.94 bits per heavy atom. The number of nitrogens with one attached hydrogen (secondary N) is 2. The number of carbonyl (C=O) groups excluding carboxylic acids is 1. The zero-order valence-corrected chi connectivity index (χ0v) is 20.3. The highest BCUT2D eigenvalue weighted by atomic mass is 32.2. The van der Waals surface area contributed by atoms with E-state index in [4.69, 9.17) is 5.73 Å². The van der Waals surface area contributed by atoms with Gasteiger partial charge in [0.25, 0.3) is 5.91 Å². The van der Waals surface area contributed by atoms with Gasteiger partial charge in [-0.05, 0) is 12.1 Å². The lowest BCUT2D eigenvalue weighted by atomic mass is 10.2. The largest absolute Gasteiger partial charge is 0.369 e. The fourth-order valence-electron chi connectivity index (χ4n) is 3.52. The lowest BCUT2D eigenvalue weighted by Crippen LogP contribution is -2.48. The number of nitrogens with two attached hydrogens (primary N) is 1. The zero-order chi connectivity index (χ0) is 24.1. The van der Waals surface area contributed by atoms with Crippen molar-refractivity contribution >= 4 is 43.9 Å². The normalized spacial score (nSPS) is 14.7. The highest BCUT2D eigenvalue weighted by molar-refractivity contribution is 7.88. The van der Waals surface area contributed by atoms with Crippen molar-refractivity contribution in [3.8, 4) is 10.4 Å². The van der Waals surface area contributed by atoms with Crippen molar-refractivity contribution in [1.29, 1.82) is 0 Å². The van der Waals surface area contributed by atoms with Gasteiger partial charge >= 0.3 is 0 Å². The van der Waals surface area contributed by atoms with Crippen molar-refractivity contribution < 1.29 is 13.2 Å². The second-order valence-electron chi connectivity index (χ2n) is 7.71. The lowest BCUT2D eigenvalue weighted by molar-refractivity contribution is 0.0954. The maximum absolute atomic E-state index is 12.2. The zero-order valence-electron chi connectivity index (χ0n) is 18.6. The highest BCUT2D eigenvalue weighted by Crippen LogP contribution is 2.31. The first-order chi connectivity index (χ1) is 16.3. The molecule has 1 fully saturated rings. The third-order valence-corrected chi connectivity index (χ3v) is 7.54. The number of thiazole rings is 1. The first-order valence-electron chi connectivity index (χ1n) is 10.7. The van der Waals surface area contributed by atoms with Gasteiger partial charge in [0.1, 0.15) is 5.82 Å². The molecule has 0 radical (unpaired) electrons. The molecule has 0 aromatic carbocycles. The van der Waals surface area contributed by atoms with E-state index in [1.807, 2.05) is 12.1 Å². The second kappa shape index (κ2) is 10.4. The van der Waals surface area contributed by atoms with E-state index in [2.05, 4.69) is 30.5 Å². The number of rotatable bonds is 8. The molecule has 1 saturated heterocycles. The Balaban J connectivity index is 1.43. The number of carbonyl (C=O) groups is 1. The number of pyridine rings is 2. The van der Waals surface area contributed by atoms with Gasteiger partial charge < -0.3 is 21.3 Å². The summed E-state index contributed by atoms with van der Waals surface area (Å²) in [4.78, 5) is 28.2. The number of amides is 1. The monoisotopic (exact) mass is 502 g/mol. The summed E-state index contributed by atoms with van der Waals surface area (Å²) in [6.07, 6.45) is 7.87. The standard InChI is InChI=1S/C21H26N8O3S2/c1-34(31,32)29-8-6-28(7-9-29)17-2-4-24-19(11-17)27-21-26-14-18(33-21)15-10-16(13-23-12-15)20(30)25-5-3-22/h2,4,10-14H,3,5-9,22H2,1H3,(H,25,30)(H,24,26,27). The fourth-order valence-corrected chi connectivity index (χ4v) is 5.15. The summed E-state index contributed by atoms with van der Waals surface area (Å²) < 4.78 is 25.0. The van der Waals surface area contributed by atoms with Crippen LogP contribution in [0.3, 0.4) is 0 Å². The molecule has 1 aliphatic rings. The molecule has 4 heterocycles. The van der Waals surface area contributed by atoms with Gasteiger partial charge in [-0.25, -0.2) is 18.4 Å². The van der Waals surface area contributed by atoms with Gasteiger partial charge in [-0.15, -0.1) is 0 Å². The van der Waals surface area contributed by atoms with Crippen LogP contribution in [0.2, 0.25) is 0 Å². The minimum atomic E-state index is -3.17. The van der Waals surface area contributed by atoms with Gasteiger partial charge in [-0.1, -0.05) is 11.3 Å². The predicted molar refractivity (Wildman–Crippen MR) is 133 cm³/mol. The first kappa shape index (κ1) is 24.0. The predicted octanol–water partition coefficient (Wildman–Crippen LogP) is 1.11. The van der Waals surface area contributed by atoms with Crippen LogP contribution < -0.4 is 21.3 Å². The van der Waals surface area contributed by atoms with Crippen molar-refractivity contribution in [2.75, 3.05) is 55.7 Å². The van der Waals surface area contributed by atoms with E-state index in [-0.39, 0.29) is 5.91 Å². The molecule has 3 aromatic rings. The molecule has 1 amide bonds. The minimum Gasteiger partial charge on any atom is -0.369 e. The van der Waals surface area contributed by atoms with Crippen LogP contribution in [0.1, 0.15) is 10.4 Å². The van der Waals surface area contributed by atoms with Crippen molar-refractivity contribution in [1.82, 2.24) is 24.6 Å². The number of hydrogen-bond acceptors (Lipinski definition) is 10. The molecule has 1 aliphatic heterocycles. The smallest absolute Gasteiger partial charge is 0.252 e. The average Bonchev–Trinajstić information content (AvgIpc) is 3.31. The Kier molecular flexibility index (Phi) is 7.36. The molecule has 3 aromatic heterocycles. The van der Waals surface area contributed by atoms with Crippen LogP contribution in [0.15, 0.2) is 43.0 Å². The third kappa shape index (κ3) is 5.86. The summed E-state index contributed by atoms with van der Waals surface area (Å²) in [7, 11) is -3.17. The van der Waals surface area contributed by atoms with Gasteiger partial charge in [0.05, 0.1) is 16.7 Å². The van der Waals surface area contributed by atoms with Crippen molar-refractivity contribution in [3.63, 3.8) is 0 Å². The minimum absolute atomic E-state index is 0.221. The molecule has 0 saturated carbocycles. The summed E-state index contributed by atoms with van der Waals surface area (Å²) in [5, 5.41) is 6.61. The molecule has 0 aliphatic carbocycles. The number of piperazine rings is 1. The average molecular weight is 503 g/mol. The number of nitrogens with zero attached hydrogens (tertiary/aromatic N) is 5. The molecule has 0 spiro atoms. The Labute approximate surface area is 202 Å². The molecular formula is C21H26N8O3S2. The van der Waals surface area contributed by atoms with Crippen molar-refractivity contribution in [2.24, 2.45) is 5.73 Å². The summed E-state index contributed by atoms with van der Waals surface area (Å²) in [5.74, 6) is 0.415. The lowest BCUT2D eigenvalue weighted by Gasteiger charge is -2.34. The summed E-state index contributed by atoms with van der Waals surface area (Å²) in [5.41, 5.74) is 7.65.